The number of thiazole rings is 1. The van der Waals surface area contributed by atoms with E-state index in [4.69, 9.17) is 16.3 Å². The number of halogens is 2. The van der Waals surface area contributed by atoms with Crippen LogP contribution in [0.2, 0.25) is 4.34 Å². The summed E-state index contributed by atoms with van der Waals surface area (Å²) in [6.45, 7) is 1.96. The van der Waals surface area contributed by atoms with Gasteiger partial charge in [-0.05, 0) is 25.1 Å². The first-order valence-corrected chi connectivity index (χ1v) is 7.09. The smallest absolute Gasteiger partial charge is 0.335 e. The van der Waals surface area contributed by atoms with Gasteiger partial charge in [-0.25, -0.2) is 14.2 Å². The van der Waals surface area contributed by atoms with E-state index in [9.17, 15) is 9.18 Å². The molecule has 1 aromatic heterocycles. The Balaban J connectivity index is 2.25. The third kappa shape index (κ3) is 3.68. The molecule has 1 N–H and O–H groups in total. The SMILES string of the molecule is CCOC(=O)C(Nc1cccc(F)c1)c1ncc(Cl)s1. The van der Waals surface area contributed by atoms with Crippen molar-refractivity contribution in [2.45, 2.75) is 13.0 Å². The lowest BCUT2D eigenvalue weighted by molar-refractivity contribution is -0.144. The van der Waals surface area contributed by atoms with Gasteiger partial charge in [0, 0.05) is 5.69 Å². The van der Waals surface area contributed by atoms with E-state index in [1.54, 1.807) is 19.1 Å². The molecule has 1 atom stereocenters. The molecule has 106 valence electrons. The van der Waals surface area contributed by atoms with Crippen molar-refractivity contribution in [1.82, 2.24) is 4.98 Å². The molecule has 0 radical (unpaired) electrons. The van der Waals surface area contributed by atoms with Crippen molar-refractivity contribution in [2.24, 2.45) is 0 Å². The van der Waals surface area contributed by atoms with Gasteiger partial charge in [0.1, 0.15) is 15.2 Å². The van der Waals surface area contributed by atoms with Gasteiger partial charge in [-0.1, -0.05) is 17.7 Å². The Morgan fingerprint density at radius 2 is 2.40 bits per heavy atom. The van der Waals surface area contributed by atoms with Crippen LogP contribution in [0.3, 0.4) is 0 Å². The quantitative estimate of drug-likeness (QED) is 0.856. The molecule has 0 fully saturated rings. The minimum Gasteiger partial charge on any atom is -0.464 e. The summed E-state index contributed by atoms with van der Waals surface area (Å²) in [5.41, 5.74) is 0.467. The molecule has 7 heteroatoms. The summed E-state index contributed by atoms with van der Waals surface area (Å²) in [4.78, 5) is 16.1. The predicted octanol–water partition coefficient (Wildman–Crippen LogP) is 3.65. The fourth-order valence-electron chi connectivity index (χ4n) is 1.59. The Bertz CT molecular complexity index is 606. The van der Waals surface area contributed by atoms with E-state index >= 15 is 0 Å². The fourth-order valence-corrected chi connectivity index (χ4v) is 2.56. The number of ether oxygens (including phenoxy) is 1. The lowest BCUT2D eigenvalue weighted by atomic mass is 10.2. The number of nitrogens with one attached hydrogen (secondary N) is 1. The van der Waals surface area contributed by atoms with Crippen molar-refractivity contribution in [2.75, 3.05) is 11.9 Å². The first-order chi connectivity index (χ1) is 9.60. The molecule has 0 saturated carbocycles. The monoisotopic (exact) mass is 314 g/mol. The Morgan fingerprint density at radius 1 is 1.60 bits per heavy atom. The Morgan fingerprint density at radius 3 is 3.00 bits per heavy atom. The molecule has 0 aliphatic heterocycles. The van der Waals surface area contributed by atoms with Crippen LogP contribution in [-0.2, 0) is 9.53 Å². The molecular weight excluding hydrogens is 303 g/mol. The molecule has 20 heavy (non-hydrogen) atoms. The van der Waals surface area contributed by atoms with Crippen LogP contribution in [0.5, 0.6) is 0 Å². The van der Waals surface area contributed by atoms with Crippen molar-refractivity contribution >= 4 is 34.6 Å². The lowest BCUT2D eigenvalue weighted by Crippen LogP contribution is -2.23. The second-order valence-corrected chi connectivity index (χ2v) is 5.54. The van der Waals surface area contributed by atoms with E-state index in [1.807, 2.05) is 0 Å². The molecule has 4 nitrogen and oxygen atoms in total. The highest BCUT2D eigenvalue weighted by atomic mass is 35.5. The van der Waals surface area contributed by atoms with Crippen LogP contribution < -0.4 is 5.32 Å². The third-order valence-corrected chi connectivity index (χ3v) is 3.58. The minimum absolute atomic E-state index is 0.249. The first-order valence-electron chi connectivity index (χ1n) is 5.90. The molecule has 0 spiro atoms. The van der Waals surface area contributed by atoms with Crippen LogP contribution in [0, 0.1) is 5.82 Å². The number of anilines is 1. The number of hydrogen-bond donors (Lipinski definition) is 1. The van der Waals surface area contributed by atoms with E-state index in [-0.39, 0.29) is 6.61 Å². The maximum Gasteiger partial charge on any atom is 0.335 e. The Kier molecular flexibility index (Phi) is 4.92. The molecule has 0 aliphatic carbocycles. The largest absolute Gasteiger partial charge is 0.464 e. The van der Waals surface area contributed by atoms with Crippen LogP contribution in [0.4, 0.5) is 10.1 Å². The van der Waals surface area contributed by atoms with E-state index in [0.717, 1.165) is 0 Å². The zero-order valence-electron chi connectivity index (χ0n) is 10.6. The third-order valence-electron chi connectivity index (χ3n) is 2.40. The molecule has 0 bridgehead atoms. The number of nitrogens with zero attached hydrogens (tertiary/aromatic N) is 1. The second-order valence-electron chi connectivity index (χ2n) is 3.84. The van der Waals surface area contributed by atoms with Crippen LogP contribution in [0.1, 0.15) is 18.0 Å². The summed E-state index contributed by atoms with van der Waals surface area (Å²) in [5.74, 6) is -0.877. The maximum absolute atomic E-state index is 13.2. The number of esters is 1. The summed E-state index contributed by atoms with van der Waals surface area (Å²) >= 11 is 7.00. The fraction of sp³-hybridized carbons (Fsp3) is 0.231. The van der Waals surface area contributed by atoms with Crippen molar-refractivity contribution < 1.29 is 13.9 Å². The van der Waals surface area contributed by atoms with Gasteiger partial charge in [0.2, 0.25) is 0 Å². The van der Waals surface area contributed by atoms with Gasteiger partial charge in [0.25, 0.3) is 0 Å². The Hall–Kier alpha value is -1.66. The van der Waals surface area contributed by atoms with Gasteiger partial charge < -0.3 is 10.1 Å². The summed E-state index contributed by atoms with van der Waals surface area (Å²) in [6.07, 6.45) is 1.46. The highest BCUT2D eigenvalue weighted by Gasteiger charge is 2.25. The molecule has 1 unspecified atom stereocenters. The number of hydrogen-bond acceptors (Lipinski definition) is 5. The topological polar surface area (TPSA) is 51.2 Å². The molecule has 2 rings (SSSR count). The zero-order valence-corrected chi connectivity index (χ0v) is 12.2. The minimum atomic E-state index is -0.811. The average Bonchev–Trinajstić information content (AvgIpc) is 2.83. The molecule has 0 amide bonds. The van der Waals surface area contributed by atoms with E-state index in [1.165, 1.54) is 29.7 Å². The summed E-state index contributed by atoms with van der Waals surface area (Å²) < 4.78 is 18.6. The van der Waals surface area contributed by atoms with E-state index in [2.05, 4.69) is 10.3 Å². The molecule has 0 aliphatic rings. The number of carbonyl (C=O) groups is 1. The summed E-state index contributed by atoms with van der Waals surface area (Å²) in [7, 11) is 0. The van der Waals surface area contributed by atoms with Crippen LogP contribution >= 0.6 is 22.9 Å². The van der Waals surface area contributed by atoms with Crippen molar-refractivity contribution in [3.63, 3.8) is 0 Å². The van der Waals surface area contributed by atoms with Crippen molar-refractivity contribution in [3.05, 3.63) is 45.6 Å². The Labute approximate surface area is 124 Å². The van der Waals surface area contributed by atoms with Gasteiger partial charge >= 0.3 is 5.97 Å². The van der Waals surface area contributed by atoms with Crippen molar-refractivity contribution in [1.29, 1.82) is 0 Å². The van der Waals surface area contributed by atoms with Crippen LogP contribution in [0.25, 0.3) is 0 Å². The van der Waals surface area contributed by atoms with Gasteiger partial charge in [-0.2, -0.15) is 0 Å². The lowest BCUT2D eigenvalue weighted by Gasteiger charge is -2.16. The van der Waals surface area contributed by atoms with Gasteiger partial charge in [-0.15, -0.1) is 11.3 Å². The molecule has 1 aromatic carbocycles. The van der Waals surface area contributed by atoms with Gasteiger partial charge in [0.15, 0.2) is 6.04 Å². The van der Waals surface area contributed by atoms with Gasteiger partial charge in [0.05, 0.1) is 12.8 Å². The summed E-state index contributed by atoms with van der Waals surface area (Å²) in [6, 6.07) is 5.01. The summed E-state index contributed by atoms with van der Waals surface area (Å²) in [5, 5.41) is 3.38. The highest BCUT2D eigenvalue weighted by Crippen LogP contribution is 2.28. The van der Waals surface area contributed by atoms with Crippen LogP contribution in [-0.4, -0.2) is 17.6 Å². The molecule has 1 heterocycles. The normalized spacial score (nSPS) is 11.9. The predicted molar refractivity (Wildman–Crippen MR) is 76.5 cm³/mol. The number of benzene rings is 1. The van der Waals surface area contributed by atoms with Crippen molar-refractivity contribution in [3.8, 4) is 0 Å². The standard InChI is InChI=1S/C13H12ClFN2O2S/c1-2-19-13(18)11(12-16-7-10(14)20-12)17-9-5-3-4-8(15)6-9/h3-7,11,17H,2H2,1H3. The van der Waals surface area contributed by atoms with E-state index < -0.39 is 17.8 Å². The maximum atomic E-state index is 13.2. The van der Waals surface area contributed by atoms with E-state index in [0.29, 0.717) is 15.0 Å². The first kappa shape index (κ1) is 14.7. The molecule has 0 saturated heterocycles. The average molecular weight is 315 g/mol. The number of carbonyl (C=O) groups excluding carboxylic acids is 1. The zero-order chi connectivity index (χ0) is 14.5. The number of aromatic nitrogens is 1. The molecular formula is C13H12ClFN2O2S. The van der Waals surface area contributed by atoms with Gasteiger partial charge in [-0.3, -0.25) is 0 Å². The highest BCUT2D eigenvalue weighted by molar-refractivity contribution is 7.16. The van der Waals surface area contributed by atoms with Crippen LogP contribution in [0.15, 0.2) is 30.5 Å². The molecule has 2 aromatic rings. The second kappa shape index (κ2) is 6.67. The number of rotatable bonds is 5.